The third-order valence-corrected chi connectivity index (χ3v) is 6.01. The van der Waals surface area contributed by atoms with Crippen LogP contribution in [0.4, 0.5) is 0 Å². The van der Waals surface area contributed by atoms with Gasteiger partial charge in [-0.05, 0) is 25.0 Å². The molecule has 3 heterocycles. The van der Waals surface area contributed by atoms with Gasteiger partial charge in [-0.15, -0.1) is 0 Å². The molecule has 1 aliphatic heterocycles. The van der Waals surface area contributed by atoms with E-state index in [1.54, 1.807) is 0 Å². The number of benzene rings is 1. The quantitative estimate of drug-likeness (QED) is 0.614. The summed E-state index contributed by atoms with van der Waals surface area (Å²) in [7, 11) is -3.74. The number of ether oxygens (including phenoxy) is 1. The summed E-state index contributed by atoms with van der Waals surface area (Å²) in [5.74, 6) is 0.192. The van der Waals surface area contributed by atoms with Crippen LogP contribution in [0.5, 0.6) is 0 Å². The molecule has 4 rings (SSSR count). The molecule has 0 bridgehead atoms. The third kappa shape index (κ3) is 3.73. The van der Waals surface area contributed by atoms with Crippen molar-refractivity contribution in [3.63, 3.8) is 0 Å². The predicted molar refractivity (Wildman–Crippen MR) is 97.4 cm³/mol. The van der Waals surface area contributed by atoms with Crippen molar-refractivity contribution in [2.75, 3.05) is 13.2 Å². The summed E-state index contributed by atoms with van der Waals surface area (Å²) in [6.45, 7) is 2.81. The van der Waals surface area contributed by atoms with Gasteiger partial charge in [0, 0.05) is 25.6 Å². The topological polar surface area (TPSA) is 129 Å². The molecule has 150 valence electrons. The fraction of sp³-hybridized carbons (Fsp3) is 0.471. The smallest absolute Gasteiger partial charge is 0.408 e. The van der Waals surface area contributed by atoms with Crippen LogP contribution < -0.4 is 10.5 Å². The highest BCUT2D eigenvalue weighted by molar-refractivity contribution is 7.89. The monoisotopic (exact) mass is 408 g/mol. The van der Waals surface area contributed by atoms with Gasteiger partial charge in [-0.3, -0.25) is 4.57 Å². The first-order valence-electron chi connectivity index (χ1n) is 9.02. The standard InChI is InChI=1S/C17H20N4O6S/c1-2-16-19-15(20-27-16)10-21-13-6-5-12(8-14(13)26-17(21)22)28(23,24)18-9-11-4-3-7-25-11/h5-6,8,11,18H,2-4,7,9-10H2,1H3. The summed E-state index contributed by atoms with van der Waals surface area (Å²) in [5, 5.41) is 3.82. The summed E-state index contributed by atoms with van der Waals surface area (Å²) in [4.78, 5) is 16.4. The highest BCUT2D eigenvalue weighted by Gasteiger charge is 2.22. The minimum absolute atomic E-state index is 0.0201. The van der Waals surface area contributed by atoms with Crippen LogP contribution in [0.15, 0.2) is 36.8 Å². The number of fused-ring (bicyclic) bond motifs is 1. The number of rotatable bonds is 7. The maximum Gasteiger partial charge on any atom is 0.420 e. The van der Waals surface area contributed by atoms with Crippen molar-refractivity contribution in [3.05, 3.63) is 40.5 Å². The first kappa shape index (κ1) is 18.8. The molecule has 0 amide bonds. The third-order valence-electron chi connectivity index (χ3n) is 4.59. The SMILES string of the molecule is CCc1nc(Cn2c(=O)oc3cc(S(=O)(=O)NCC4CCCO4)ccc32)no1. The number of nitrogens with one attached hydrogen (secondary N) is 1. The molecule has 0 aliphatic carbocycles. The molecule has 28 heavy (non-hydrogen) atoms. The Labute approximate surface area is 160 Å². The molecule has 0 spiro atoms. The minimum Gasteiger partial charge on any atom is -0.408 e. The first-order valence-corrected chi connectivity index (χ1v) is 10.5. The lowest BCUT2D eigenvalue weighted by Crippen LogP contribution is -2.31. The molecule has 0 radical (unpaired) electrons. The highest BCUT2D eigenvalue weighted by Crippen LogP contribution is 2.20. The second-order valence-corrected chi connectivity index (χ2v) is 8.30. The van der Waals surface area contributed by atoms with Gasteiger partial charge in [-0.2, -0.15) is 4.98 Å². The second kappa shape index (κ2) is 7.49. The van der Waals surface area contributed by atoms with Gasteiger partial charge in [0.25, 0.3) is 0 Å². The molecule has 1 atom stereocenters. The van der Waals surface area contributed by atoms with Crippen LogP contribution in [-0.2, 0) is 27.7 Å². The summed E-state index contributed by atoms with van der Waals surface area (Å²) in [6, 6.07) is 4.29. The molecule has 1 N–H and O–H groups in total. The zero-order chi connectivity index (χ0) is 19.7. The Balaban J connectivity index is 1.58. The number of hydrogen-bond donors (Lipinski definition) is 1. The maximum absolute atomic E-state index is 12.5. The Morgan fingerprint density at radius 3 is 2.93 bits per heavy atom. The summed E-state index contributed by atoms with van der Waals surface area (Å²) in [6.07, 6.45) is 2.24. The van der Waals surface area contributed by atoms with Crippen molar-refractivity contribution >= 4 is 21.1 Å². The van der Waals surface area contributed by atoms with Crippen molar-refractivity contribution in [2.24, 2.45) is 0 Å². The molecule has 2 aromatic heterocycles. The van der Waals surface area contributed by atoms with Gasteiger partial charge in [-0.25, -0.2) is 17.9 Å². The van der Waals surface area contributed by atoms with Crippen molar-refractivity contribution in [2.45, 2.75) is 43.7 Å². The van der Waals surface area contributed by atoms with E-state index in [1.807, 2.05) is 6.92 Å². The Kier molecular flexibility index (Phi) is 5.04. The van der Waals surface area contributed by atoms with Crippen LogP contribution in [0.2, 0.25) is 0 Å². The van der Waals surface area contributed by atoms with Crippen molar-refractivity contribution < 1.29 is 22.1 Å². The molecule has 1 saturated heterocycles. The summed E-state index contributed by atoms with van der Waals surface area (Å²) >= 11 is 0. The Hall–Kier alpha value is -2.50. The molecule has 3 aromatic rings. The van der Waals surface area contributed by atoms with E-state index in [4.69, 9.17) is 13.7 Å². The van der Waals surface area contributed by atoms with Gasteiger partial charge in [0.2, 0.25) is 15.9 Å². The minimum atomic E-state index is -3.74. The van der Waals surface area contributed by atoms with E-state index in [2.05, 4.69) is 14.9 Å². The van der Waals surface area contributed by atoms with E-state index in [1.165, 1.54) is 22.8 Å². The molecule has 0 saturated carbocycles. The van der Waals surface area contributed by atoms with Gasteiger partial charge < -0.3 is 13.7 Å². The average molecular weight is 408 g/mol. The first-order chi connectivity index (χ1) is 13.5. The number of nitrogens with zero attached hydrogens (tertiary/aromatic N) is 3. The lowest BCUT2D eigenvalue weighted by Gasteiger charge is -2.11. The molecule has 1 aliphatic rings. The number of aryl methyl sites for hydroxylation is 1. The van der Waals surface area contributed by atoms with E-state index in [9.17, 15) is 13.2 Å². The Morgan fingerprint density at radius 1 is 1.36 bits per heavy atom. The molecular weight excluding hydrogens is 388 g/mol. The van der Waals surface area contributed by atoms with Crippen LogP contribution in [-0.4, -0.2) is 42.4 Å². The van der Waals surface area contributed by atoms with Crippen molar-refractivity contribution in [1.82, 2.24) is 19.4 Å². The second-order valence-electron chi connectivity index (χ2n) is 6.53. The van der Waals surface area contributed by atoms with E-state index < -0.39 is 15.8 Å². The van der Waals surface area contributed by atoms with Gasteiger partial charge in [0.15, 0.2) is 11.4 Å². The highest BCUT2D eigenvalue weighted by atomic mass is 32.2. The van der Waals surface area contributed by atoms with Crippen molar-refractivity contribution in [3.8, 4) is 0 Å². The lowest BCUT2D eigenvalue weighted by molar-refractivity contribution is 0.114. The number of oxazole rings is 1. The van der Waals surface area contributed by atoms with Gasteiger partial charge in [0.05, 0.1) is 23.1 Å². The molecule has 1 fully saturated rings. The summed E-state index contributed by atoms with van der Waals surface area (Å²) in [5.41, 5.74) is 0.620. The van der Waals surface area contributed by atoms with Crippen LogP contribution in [0, 0.1) is 0 Å². The van der Waals surface area contributed by atoms with E-state index in [0.29, 0.717) is 30.3 Å². The molecule has 1 aromatic carbocycles. The number of sulfonamides is 1. The zero-order valence-corrected chi connectivity index (χ0v) is 16.1. The molecule has 10 nitrogen and oxygen atoms in total. The normalized spacial score (nSPS) is 17.5. The van der Waals surface area contributed by atoms with Crippen LogP contribution in [0.1, 0.15) is 31.5 Å². The number of hydrogen-bond acceptors (Lipinski definition) is 8. The Bertz CT molecular complexity index is 1140. The molecule has 11 heteroatoms. The zero-order valence-electron chi connectivity index (χ0n) is 15.3. The number of aromatic nitrogens is 3. The van der Waals surface area contributed by atoms with Crippen LogP contribution in [0.3, 0.4) is 0 Å². The van der Waals surface area contributed by atoms with Gasteiger partial charge in [-0.1, -0.05) is 12.1 Å². The fourth-order valence-corrected chi connectivity index (χ4v) is 4.18. The summed E-state index contributed by atoms with van der Waals surface area (Å²) < 4.78 is 44.6. The lowest BCUT2D eigenvalue weighted by atomic mass is 10.2. The Morgan fingerprint density at radius 2 is 2.21 bits per heavy atom. The predicted octanol–water partition coefficient (Wildman–Crippen LogP) is 1.05. The average Bonchev–Trinajstić information content (AvgIpc) is 3.41. The van der Waals surface area contributed by atoms with Crippen molar-refractivity contribution in [1.29, 1.82) is 0 Å². The molecule has 1 unspecified atom stereocenters. The van der Waals surface area contributed by atoms with Gasteiger partial charge in [0.1, 0.15) is 0 Å². The van der Waals surface area contributed by atoms with Gasteiger partial charge >= 0.3 is 5.76 Å². The molecular formula is C17H20N4O6S. The van der Waals surface area contributed by atoms with E-state index >= 15 is 0 Å². The van der Waals surface area contributed by atoms with Crippen LogP contribution >= 0.6 is 0 Å². The fourth-order valence-electron chi connectivity index (χ4n) is 3.09. The van der Waals surface area contributed by atoms with E-state index in [0.717, 1.165) is 12.8 Å². The van der Waals surface area contributed by atoms with Crippen LogP contribution in [0.25, 0.3) is 11.1 Å². The maximum atomic E-state index is 12.5. The van der Waals surface area contributed by atoms with E-state index in [-0.39, 0.29) is 29.7 Å². The largest absolute Gasteiger partial charge is 0.420 e.